The van der Waals surface area contributed by atoms with E-state index in [0.29, 0.717) is 25.9 Å². The van der Waals surface area contributed by atoms with Crippen molar-refractivity contribution in [1.29, 1.82) is 0 Å². The van der Waals surface area contributed by atoms with Gasteiger partial charge in [-0.3, -0.25) is 9.59 Å². The fourth-order valence-electron chi connectivity index (χ4n) is 3.81. The molecule has 112 valence electrons. The molecule has 1 atom stereocenters. The molecule has 2 aliphatic rings. The summed E-state index contributed by atoms with van der Waals surface area (Å²) < 4.78 is 0. The number of carbonyl (C=O) groups is 2. The number of benzene rings is 1. The van der Waals surface area contributed by atoms with Crippen LogP contribution < -0.4 is 0 Å². The van der Waals surface area contributed by atoms with Gasteiger partial charge in [-0.1, -0.05) is 30.3 Å². The van der Waals surface area contributed by atoms with Crippen LogP contribution in [-0.4, -0.2) is 53.5 Å². The molecule has 3 rings (SSSR count). The van der Waals surface area contributed by atoms with E-state index in [1.807, 2.05) is 25.2 Å². The zero-order valence-electron chi connectivity index (χ0n) is 12.2. The molecule has 21 heavy (non-hydrogen) atoms. The van der Waals surface area contributed by atoms with E-state index < -0.39 is 6.61 Å². The Hall–Kier alpha value is -1.88. The van der Waals surface area contributed by atoms with Crippen LogP contribution in [0.25, 0.3) is 0 Å². The van der Waals surface area contributed by atoms with Crippen molar-refractivity contribution < 1.29 is 14.7 Å². The van der Waals surface area contributed by atoms with Gasteiger partial charge in [0.05, 0.1) is 11.5 Å². The minimum atomic E-state index is -0.455. The summed E-state index contributed by atoms with van der Waals surface area (Å²) in [6, 6.07) is 10.2. The molecule has 1 aromatic carbocycles. The van der Waals surface area contributed by atoms with Crippen molar-refractivity contribution in [3.63, 3.8) is 0 Å². The van der Waals surface area contributed by atoms with Crippen molar-refractivity contribution in [3.8, 4) is 0 Å². The highest BCUT2D eigenvalue weighted by Crippen LogP contribution is 2.55. The van der Waals surface area contributed by atoms with Gasteiger partial charge in [0.1, 0.15) is 6.61 Å². The van der Waals surface area contributed by atoms with Gasteiger partial charge in [0.2, 0.25) is 11.8 Å². The number of carbonyl (C=O) groups excluding carboxylic acids is 2. The van der Waals surface area contributed by atoms with Crippen LogP contribution in [0.3, 0.4) is 0 Å². The van der Waals surface area contributed by atoms with Crippen molar-refractivity contribution >= 4 is 11.8 Å². The Morgan fingerprint density at radius 2 is 1.90 bits per heavy atom. The third-order valence-electron chi connectivity index (χ3n) is 4.92. The van der Waals surface area contributed by atoms with Crippen LogP contribution in [0.5, 0.6) is 0 Å². The molecule has 2 amide bonds. The number of nitrogens with zero attached hydrogens (tertiary/aromatic N) is 2. The summed E-state index contributed by atoms with van der Waals surface area (Å²) in [5, 5.41) is 8.95. The molecule has 0 radical (unpaired) electrons. The lowest BCUT2D eigenvalue weighted by Crippen LogP contribution is -2.65. The summed E-state index contributed by atoms with van der Waals surface area (Å²) in [6.45, 7) is 0.633. The van der Waals surface area contributed by atoms with Gasteiger partial charge < -0.3 is 14.9 Å². The molecular weight excluding hydrogens is 268 g/mol. The maximum absolute atomic E-state index is 12.4. The quantitative estimate of drug-likeness (QED) is 0.819. The molecule has 2 fully saturated rings. The number of hydrogen-bond acceptors (Lipinski definition) is 3. The first-order valence-corrected chi connectivity index (χ1v) is 7.31. The fraction of sp³-hybridized carbons (Fsp3) is 0.500. The Kier molecular flexibility index (Phi) is 3.45. The SMILES string of the molecule is CN1C(=O)C2(CCN(C(=O)CO)CC2)[C@@H]1c1ccccc1. The first-order valence-electron chi connectivity index (χ1n) is 7.31. The van der Waals surface area contributed by atoms with Crippen molar-refractivity contribution in [2.45, 2.75) is 18.9 Å². The van der Waals surface area contributed by atoms with E-state index in [4.69, 9.17) is 5.11 Å². The summed E-state index contributed by atoms with van der Waals surface area (Å²) in [7, 11) is 1.84. The molecule has 0 unspecified atom stereocenters. The second-order valence-corrected chi connectivity index (χ2v) is 5.92. The average molecular weight is 288 g/mol. The third kappa shape index (κ3) is 2.03. The number of likely N-dealkylation sites (tertiary alicyclic amines) is 2. The van der Waals surface area contributed by atoms with Crippen molar-refractivity contribution in [1.82, 2.24) is 9.80 Å². The molecule has 1 aromatic rings. The number of rotatable bonds is 2. The van der Waals surface area contributed by atoms with E-state index in [-0.39, 0.29) is 23.3 Å². The van der Waals surface area contributed by atoms with Crippen LogP contribution in [0.1, 0.15) is 24.4 Å². The number of aliphatic hydroxyl groups is 1. The Bertz CT molecular complexity index is 550. The minimum Gasteiger partial charge on any atom is -0.387 e. The Morgan fingerprint density at radius 1 is 1.29 bits per heavy atom. The highest BCUT2D eigenvalue weighted by Gasteiger charge is 2.60. The van der Waals surface area contributed by atoms with Crippen molar-refractivity contribution in [3.05, 3.63) is 35.9 Å². The molecule has 0 aliphatic carbocycles. The van der Waals surface area contributed by atoms with E-state index in [2.05, 4.69) is 12.1 Å². The lowest BCUT2D eigenvalue weighted by molar-refractivity contribution is -0.178. The molecule has 2 heterocycles. The number of amides is 2. The molecule has 1 N–H and O–H groups in total. The summed E-state index contributed by atoms with van der Waals surface area (Å²) >= 11 is 0. The summed E-state index contributed by atoms with van der Waals surface area (Å²) in [5.41, 5.74) is 0.782. The van der Waals surface area contributed by atoms with Crippen molar-refractivity contribution in [2.75, 3.05) is 26.7 Å². The van der Waals surface area contributed by atoms with E-state index in [0.717, 1.165) is 5.56 Å². The second kappa shape index (κ2) is 5.15. The van der Waals surface area contributed by atoms with Crippen LogP contribution in [0.4, 0.5) is 0 Å². The molecule has 2 aliphatic heterocycles. The number of hydrogen-bond donors (Lipinski definition) is 1. The fourth-order valence-corrected chi connectivity index (χ4v) is 3.81. The minimum absolute atomic E-state index is 0.0950. The molecule has 1 spiro atoms. The van der Waals surface area contributed by atoms with Gasteiger partial charge >= 0.3 is 0 Å². The highest BCUT2D eigenvalue weighted by molar-refractivity contribution is 5.91. The normalized spacial score (nSPS) is 24.1. The third-order valence-corrected chi connectivity index (χ3v) is 4.92. The predicted molar refractivity (Wildman–Crippen MR) is 77.3 cm³/mol. The first-order chi connectivity index (χ1) is 10.1. The molecular formula is C16H20N2O3. The standard InChI is InChI=1S/C16H20N2O3/c1-17-14(12-5-3-2-4-6-12)16(15(17)21)7-9-18(10-8-16)13(20)11-19/h2-6,14,19H,7-11H2,1H3/t14-/m0/s1. The summed E-state index contributed by atoms with van der Waals surface area (Å²) in [5.74, 6) is -0.0753. The molecule has 5 nitrogen and oxygen atoms in total. The zero-order chi connectivity index (χ0) is 15.0. The lowest BCUT2D eigenvalue weighted by Gasteiger charge is -2.57. The van der Waals surface area contributed by atoms with Gasteiger partial charge in [0.15, 0.2) is 0 Å². The van der Waals surface area contributed by atoms with Crippen LogP contribution in [-0.2, 0) is 9.59 Å². The van der Waals surface area contributed by atoms with Gasteiger partial charge in [0.25, 0.3) is 0 Å². The summed E-state index contributed by atoms with van der Waals surface area (Å²) in [6.07, 6.45) is 1.34. The first kappa shape index (κ1) is 14.1. The molecule has 0 bridgehead atoms. The van der Waals surface area contributed by atoms with Gasteiger partial charge in [-0.2, -0.15) is 0 Å². The van der Waals surface area contributed by atoms with Gasteiger partial charge in [0, 0.05) is 20.1 Å². The molecule has 0 saturated carbocycles. The smallest absolute Gasteiger partial charge is 0.248 e. The largest absolute Gasteiger partial charge is 0.387 e. The average Bonchev–Trinajstić information content (AvgIpc) is 2.55. The van der Waals surface area contributed by atoms with E-state index >= 15 is 0 Å². The maximum atomic E-state index is 12.4. The van der Waals surface area contributed by atoms with E-state index in [1.165, 1.54) is 0 Å². The monoisotopic (exact) mass is 288 g/mol. The maximum Gasteiger partial charge on any atom is 0.248 e. The Balaban J connectivity index is 1.81. The topological polar surface area (TPSA) is 60.9 Å². The second-order valence-electron chi connectivity index (χ2n) is 5.92. The van der Waals surface area contributed by atoms with Gasteiger partial charge in [-0.25, -0.2) is 0 Å². The van der Waals surface area contributed by atoms with Crippen LogP contribution in [0.15, 0.2) is 30.3 Å². The highest BCUT2D eigenvalue weighted by atomic mass is 16.3. The Morgan fingerprint density at radius 3 is 2.48 bits per heavy atom. The van der Waals surface area contributed by atoms with E-state index in [1.54, 1.807) is 9.80 Å². The van der Waals surface area contributed by atoms with Crippen LogP contribution in [0.2, 0.25) is 0 Å². The molecule has 0 aromatic heterocycles. The number of β-lactam (4-membered cyclic amide) rings is 1. The van der Waals surface area contributed by atoms with Crippen LogP contribution >= 0.6 is 0 Å². The lowest BCUT2D eigenvalue weighted by atomic mass is 9.62. The Labute approximate surface area is 124 Å². The van der Waals surface area contributed by atoms with Gasteiger partial charge in [-0.15, -0.1) is 0 Å². The number of piperidine rings is 1. The van der Waals surface area contributed by atoms with Gasteiger partial charge in [-0.05, 0) is 18.4 Å². The molecule has 2 saturated heterocycles. The predicted octanol–water partition coefficient (Wildman–Crippen LogP) is 0.801. The summed E-state index contributed by atoms with van der Waals surface area (Å²) in [4.78, 5) is 27.5. The van der Waals surface area contributed by atoms with E-state index in [9.17, 15) is 9.59 Å². The number of aliphatic hydroxyl groups excluding tert-OH is 1. The zero-order valence-corrected chi connectivity index (χ0v) is 12.2. The van der Waals surface area contributed by atoms with Crippen LogP contribution in [0, 0.1) is 5.41 Å². The molecule has 5 heteroatoms. The van der Waals surface area contributed by atoms with Crippen molar-refractivity contribution in [2.24, 2.45) is 5.41 Å².